The third-order valence-electron chi connectivity index (χ3n) is 6.03. The van der Waals surface area contributed by atoms with E-state index >= 15 is 0 Å². The van der Waals surface area contributed by atoms with E-state index in [1.165, 1.54) is 23.5 Å². The third kappa shape index (κ3) is 5.24. The Morgan fingerprint density at radius 3 is 2.31 bits per heavy atom. The lowest BCUT2D eigenvalue weighted by molar-refractivity contribution is 0.0932. The molecule has 1 aliphatic rings. The number of hydrogen-bond acceptors (Lipinski definition) is 5. The molecule has 1 amide bonds. The molecular weight excluding hydrogens is 428 g/mol. The lowest BCUT2D eigenvalue weighted by atomic mass is 10.0. The highest BCUT2D eigenvalue weighted by molar-refractivity contribution is 7.89. The average molecular weight is 461 g/mol. The van der Waals surface area contributed by atoms with Gasteiger partial charge in [0.15, 0.2) is 0 Å². The number of nitrogens with one attached hydrogen (secondary N) is 1. The Labute approximate surface area is 190 Å². The number of nitrogens with zero attached hydrogens (tertiary/aromatic N) is 1. The van der Waals surface area contributed by atoms with Crippen LogP contribution in [0.25, 0.3) is 0 Å². The van der Waals surface area contributed by atoms with Crippen LogP contribution in [0.15, 0.2) is 47.4 Å². The number of sulfonamides is 1. The topological polar surface area (TPSA) is 84.9 Å². The highest BCUT2D eigenvalue weighted by Crippen LogP contribution is 2.28. The lowest BCUT2D eigenvalue weighted by Crippen LogP contribution is -2.38. The van der Waals surface area contributed by atoms with Gasteiger partial charge < -0.3 is 14.8 Å². The van der Waals surface area contributed by atoms with Gasteiger partial charge in [-0.1, -0.05) is 26.0 Å². The summed E-state index contributed by atoms with van der Waals surface area (Å²) in [6.07, 6.45) is 2.34. The van der Waals surface area contributed by atoms with E-state index in [0.29, 0.717) is 31.2 Å². The van der Waals surface area contributed by atoms with Crippen molar-refractivity contribution < 1.29 is 22.7 Å². The van der Waals surface area contributed by atoms with Gasteiger partial charge in [-0.25, -0.2) is 8.42 Å². The van der Waals surface area contributed by atoms with Crippen LogP contribution >= 0.6 is 0 Å². The maximum atomic E-state index is 13.2. The van der Waals surface area contributed by atoms with Crippen LogP contribution in [0.4, 0.5) is 0 Å². The Morgan fingerprint density at radius 1 is 1.09 bits per heavy atom. The molecule has 0 radical (unpaired) electrons. The molecule has 2 aromatic carbocycles. The molecule has 1 fully saturated rings. The van der Waals surface area contributed by atoms with E-state index in [1.54, 1.807) is 13.2 Å². The summed E-state index contributed by atoms with van der Waals surface area (Å²) in [7, 11) is -0.608. The normalized spacial score (nSPS) is 16.4. The Morgan fingerprint density at radius 2 is 1.75 bits per heavy atom. The van der Waals surface area contributed by atoms with Crippen LogP contribution < -0.4 is 14.8 Å². The van der Waals surface area contributed by atoms with Gasteiger partial charge in [-0.05, 0) is 61.1 Å². The zero-order valence-corrected chi connectivity index (χ0v) is 19.9. The van der Waals surface area contributed by atoms with E-state index in [0.717, 1.165) is 24.2 Å². The van der Waals surface area contributed by atoms with Gasteiger partial charge in [0.05, 0.1) is 30.7 Å². The van der Waals surface area contributed by atoms with Crippen LogP contribution in [0.1, 0.15) is 55.1 Å². The summed E-state index contributed by atoms with van der Waals surface area (Å²) in [6.45, 7) is 5.09. The molecule has 0 bridgehead atoms. The zero-order chi connectivity index (χ0) is 23.3. The molecule has 1 heterocycles. The second kappa shape index (κ2) is 10.4. The standard InChI is InChI=1S/C24H32N2O5S/c1-5-22(18-6-8-19(30-3)9-7-18)25-24(27)21-16-20(10-11-23(21)31-4)32(28,29)26-14-12-17(2)13-15-26/h6-11,16-17,22H,5,12-15H2,1-4H3,(H,25,27)/t22-/m0/s1. The molecule has 1 N–H and O–H groups in total. The minimum absolute atomic E-state index is 0.107. The predicted octanol–water partition coefficient (Wildman–Crippen LogP) is 4.01. The number of carbonyl (C=O) groups is 1. The highest BCUT2D eigenvalue weighted by Gasteiger charge is 2.29. The van der Waals surface area contributed by atoms with Gasteiger partial charge in [0, 0.05) is 13.1 Å². The van der Waals surface area contributed by atoms with E-state index in [9.17, 15) is 13.2 Å². The molecule has 0 aliphatic carbocycles. The summed E-state index contributed by atoms with van der Waals surface area (Å²) in [4.78, 5) is 13.3. The number of amides is 1. The summed E-state index contributed by atoms with van der Waals surface area (Å²) < 4.78 is 38.4. The van der Waals surface area contributed by atoms with Crippen molar-refractivity contribution in [2.45, 2.75) is 44.0 Å². The number of ether oxygens (including phenoxy) is 2. The first-order chi connectivity index (χ1) is 15.3. The number of piperidine rings is 1. The third-order valence-corrected chi connectivity index (χ3v) is 7.92. The average Bonchev–Trinajstić information content (AvgIpc) is 2.82. The van der Waals surface area contributed by atoms with Crippen LogP contribution in [-0.2, 0) is 10.0 Å². The predicted molar refractivity (Wildman–Crippen MR) is 124 cm³/mol. The molecule has 3 rings (SSSR count). The summed E-state index contributed by atoms with van der Waals surface area (Å²) in [5.74, 6) is 1.20. The van der Waals surface area contributed by atoms with E-state index in [1.807, 2.05) is 31.2 Å². The van der Waals surface area contributed by atoms with E-state index < -0.39 is 10.0 Å². The summed E-state index contributed by atoms with van der Waals surface area (Å²) >= 11 is 0. The maximum Gasteiger partial charge on any atom is 0.255 e. The molecule has 7 nitrogen and oxygen atoms in total. The largest absolute Gasteiger partial charge is 0.497 e. The second-order valence-corrected chi connectivity index (χ2v) is 10.1. The van der Waals surface area contributed by atoms with Crippen LogP contribution in [0.5, 0.6) is 11.5 Å². The molecule has 1 aliphatic heterocycles. The number of hydrogen-bond donors (Lipinski definition) is 1. The molecule has 32 heavy (non-hydrogen) atoms. The molecule has 0 saturated carbocycles. The fourth-order valence-electron chi connectivity index (χ4n) is 3.89. The molecule has 1 atom stereocenters. The van der Waals surface area contributed by atoms with E-state index in [4.69, 9.17) is 9.47 Å². The van der Waals surface area contributed by atoms with Gasteiger partial charge in [-0.15, -0.1) is 0 Å². The van der Waals surface area contributed by atoms with E-state index in [2.05, 4.69) is 12.2 Å². The lowest BCUT2D eigenvalue weighted by Gasteiger charge is -2.29. The first-order valence-electron chi connectivity index (χ1n) is 10.9. The van der Waals surface area contributed by atoms with Crippen LogP contribution in [0.3, 0.4) is 0 Å². The van der Waals surface area contributed by atoms with Crippen molar-refractivity contribution in [3.8, 4) is 11.5 Å². The summed E-state index contributed by atoms with van der Waals surface area (Å²) in [5.41, 5.74) is 1.14. The van der Waals surface area contributed by atoms with Crippen molar-refractivity contribution in [3.63, 3.8) is 0 Å². The smallest absolute Gasteiger partial charge is 0.255 e. The molecule has 8 heteroatoms. The zero-order valence-electron chi connectivity index (χ0n) is 19.1. The Balaban J connectivity index is 1.86. The van der Waals surface area contributed by atoms with Crippen molar-refractivity contribution in [1.29, 1.82) is 0 Å². The molecule has 1 saturated heterocycles. The minimum atomic E-state index is -3.68. The first kappa shape index (κ1) is 24.1. The van der Waals surface area contributed by atoms with Crippen molar-refractivity contribution in [3.05, 3.63) is 53.6 Å². The fourth-order valence-corrected chi connectivity index (χ4v) is 5.39. The van der Waals surface area contributed by atoms with Gasteiger partial charge in [0.1, 0.15) is 11.5 Å². The SMILES string of the molecule is CC[C@H](NC(=O)c1cc(S(=O)(=O)N2CCC(C)CC2)ccc1OC)c1ccc(OC)cc1. The fraction of sp³-hybridized carbons (Fsp3) is 0.458. The maximum absolute atomic E-state index is 13.2. The monoisotopic (exact) mass is 460 g/mol. The molecule has 0 spiro atoms. The second-order valence-electron chi connectivity index (χ2n) is 8.16. The number of rotatable bonds is 8. The van der Waals surface area contributed by atoms with Crippen molar-refractivity contribution in [1.82, 2.24) is 9.62 Å². The van der Waals surface area contributed by atoms with Crippen molar-refractivity contribution >= 4 is 15.9 Å². The van der Waals surface area contributed by atoms with Gasteiger partial charge in [-0.3, -0.25) is 4.79 Å². The summed E-state index contributed by atoms with van der Waals surface area (Å²) in [6, 6.07) is 11.7. The van der Waals surface area contributed by atoms with Crippen molar-refractivity contribution in [2.75, 3.05) is 27.3 Å². The number of benzene rings is 2. The molecule has 0 aromatic heterocycles. The van der Waals surface area contributed by atoms with Gasteiger partial charge in [0.2, 0.25) is 10.0 Å². The molecular formula is C24H32N2O5S. The molecule has 0 unspecified atom stereocenters. The first-order valence-corrected chi connectivity index (χ1v) is 12.4. The van der Waals surface area contributed by atoms with Crippen LogP contribution in [0.2, 0.25) is 0 Å². The van der Waals surface area contributed by atoms with Crippen LogP contribution in [-0.4, -0.2) is 45.9 Å². The minimum Gasteiger partial charge on any atom is -0.497 e. The number of carbonyl (C=O) groups excluding carboxylic acids is 1. The number of methoxy groups -OCH3 is 2. The van der Waals surface area contributed by atoms with Crippen molar-refractivity contribution in [2.24, 2.45) is 5.92 Å². The van der Waals surface area contributed by atoms with Gasteiger partial charge in [0.25, 0.3) is 5.91 Å². The summed E-state index contributed by atoms with van der Waals surface area (Å²) in [5, 5.41) is 3.01. The van der Waals surface area contributed by atoms with E-state index in [-0.39, 0.29) is 22.4 Å². The highest BCUT2D eigenvalue weighted by atomic mass is 32.2. The van der Waals surface area contributed by atoms with Gasteiger partial charge in [-0.2, -0.15) is 4.31 Å². The quantitative estimate of drug-likeness (QED) is 0.644. The van der Waals surface area contributed by atoms with Crippen LogP contribution in [0, 0.1) is 5.92 Å². The Kier molecular flexibility index (Phi) is 7.79. The Bertz CT molecular complexity index is 1030. The Hall–Kier alpha value is -2.58. The molecule has 2 aromatic rings. The van der Waals surface area contributed by atoms with Gasteiger partial charge >= 0.3 is 0 Å². The molecule has 174 valence electrons.